The number of imidazole rings is 2. The minimum absolute atomic E-state index is 0.131. The Morgan fingerprint density at radius 1 is 0.550 bits per heavy atom. The number of esters is 2. The summed E-state index contributed by atoms with van der Waals surface area (Å²) in [6.45, 7) is 19.4. The zero-order valence-electron chi connectivity index (χ0n) is 37.5. The van der Waals surface area contributed by atoms with E-state index in [1.165, 1.54) is 39.3 Å². The van der Waals surface area contributed by atoms with Gasteiger partial charge in [-0.25, -0.2) is 47.9 Å². The second kappa shape index (κ2) is 21.8. The van der Waals surface area contributed by atoms with Crippen LogP contribution in [0.5, 0.6) is 0 Å². The average Bonchev–Trinajstić information content (AvgIpc) is 3.76. The van der Waals surface area contributed by atoms with Crippen molar-refractivity contribution in [2.45, 2.75) is 143 Å². The summed E-state index contributed by atoms with van der Waals surface area (Å²) in [7, 11) is 2.70. The van der Waals surface area contributed by atoms with E-state index in [9.17, 15) is 28.8 Å². The van der Waals surface area contributed by atoms with Gasteiger partial charge >= 0.3 is 36.3 Å². The van der Waals surface area contributed by atoms with Crippen LogP contribution >= 0.6 is 0 Å². The Bertz CT molecular complexity index is 1620. The predicted octanol–water partition coefficient (Wildman–Crippen LogP) is 5.72. The van der Waals surface area contributed by atoms with Gasteiger partial charge in [-0.15, -0.1) is 0 Å². The van der Waals surface area contributed by atoms with Gasteiger partial charge in [-0.2, -0.15) is 0 Å². The van der Waals surface area contributed by atoms with Gasteiger partial charge in [-0.1, -0.05) is 0 Å². The lowest BCUT2D eigenvalue weighted by atomic mass is 10.1. The Balaban J connectivity index is 2.20. The van der Waals surface area contributed by atoms with E-state index in [0.29, 0.717) is 0 Å². The van der Waals surface area contributed by atoms with E-state index in [1.54, 1.807) is 83.1 Å². The van der Waals surface area contributed by atoms with Crippen LogP contribution in [0.2, 0.25) is 0 Å². The van der Waals surface area contributed by atoms with Crippen LogP contribution in [0.15, 0.2) is 25.0 Å². The first kappa shape index (κ1) is 50.9. The molecule has 0 aliphatic carbocycles. The summed E-state index contributed by atoms with van der Waals surface area (Å²) in [5.74, 6) is -1.61. The van der Waals surface area contributed by atoms with Crippen molar-refractivity contribution < 1.29 is 66.7 Å². The molecule has 0 aliphatic heterocycles. The van der Waals surface area contributed by atoms with Crippen LogP contribution in [0.1, 0.15) is 107 Å². The fraction of sp³-hybridized carbons (Fsp3) is 0.700. The van der Waals surface area contributed by atoms with Crippen molar-refractivity contribution in [3.8, 4) is 0 Å². The van der Waals surface area contributed by atoms with Crippen molar-refractivity contribution in [3.63, 3.8) is 0 Å². The highest BCUT2D eigenvalue weighted by atomic mass is 16.6. The Morgan fingerprint density at radius 3 is 1.15 bits per heavy atom. The molecule has 0 spiro atoms. The molecule has 0 fully saturated rings. The van der Waals surface area contributed by atoms with Crippen molar-refractivity contribution in [2.24, 2.45) is 0 Å². The molecule has 0 radical (unpaired) electrons. The number of hydrogen-bond donors (Lipinski definition) is 0. The van der Waals surface area contributed by atoms with Crippen molar-refractivity contribution in [1.82, 2.24) is 28.9 Å². The summed E-state index contributed by atoms with van der Waals surface area (Å²) < 4.78 is 45.8. The summed E-state index contributed by atoms with van der Waals surface area (Å²) in [6, 6.07) is -2.56. The van der Waals surface area contributed by atoms with E-state index in [1.807, 2.05) is 0 Å². The molecule has 20 heteroatoms. The first-order chi connectivity index (χ1) is 27.6. The summed E-state index contributed by atoms with van der Waals surface area (Å²) in [5.41, 5.74) is -2.78. The van der Waals surface area contributed by atoms with Crippen LogP contribution in [0, 0.1) is 0 Å². The molecule has 2 atom stereocenters. The van der Waals surface area contributed by atoms with Crippen LogP contribution in [0.4, 0.5) is 19.2 Å². The lowest BCUT2D eigenvalue weighted by Crippen LogP contribution is -2.50. The molecule has 0 bridgehead atoms. The van der Waals surface area contributed by atoms with Gasteiger partial charge in [0, 0.05) is 39.5 Å². The standard InChI is InChI=1S/C40H64N6O14/c1-37(2,3)57-33(49)43-21-27(41-23-43)19-29(45(25-53-13)35(51)59-39(7,8)9)31(47)55-17-15-16-18-56-32(48)30(46(26-54-14)36(52)60-40(10,11)12)20-28-22-44(24-42-28)34(50)58-38(4,5)6/h21-24,29-30H,15-20,25-26H2,1-14H3/t29-,30-/m0/s1. The maximum absolute atomic E-state index is 13.6. The number of hydrogen-bond acceptors (Lipinski definition) is 16. The van der Waals surface area contributed by atoms with E-state index >= 15 is 0 Å². The van der Waals surface area contributed by atoms with Crippen molar-refractivity contribution in [1.29, 1.82) is 0 Å². The highest BCUT2D eigenvalue weighted by molar-refractivity contribution is 5.83. The van der Waals surface area contributed by atoms with Crippen LogP contribution in [-0.2, 0) is 60.3 Å². The summed E-state index contributed by atoms with van der Waals surface area (Å²) in [5, 5.41) is 0. The SMILES string of the molecule is COCN(C(=O)OC(C)(C)C)[C@@H](Cc1cn(C(=O)OC(C)(C)C)cn1)C(=O)OCCCCOC(=O)[C@H](Cc1cn(C(=O)OC(C)(C)C)cn1)N(COC)C(=O)OC(C)(C)C. The van der Waals surface area contributed by atoms with E-state index in [0.717, 1.165) is 18.9 Å². The van der Waals surface area contributed by atoms with E-state index < -0.39 is 70.8 Å². The number of ether oxygens (including phenoxy) is 8. The summed E-state index contributed by atoms with van der Waals surface area (Å²) in [4.78, 5) is 89.7. The van der Waals surface area contributed by atoms with Gasteiger partial charge in [0.05, 0.1) is 24.6 Å². The molecule has 2 amide bonds. The number of nitrogens with zero attached hydrogens (tertiary/aromatic N) is 6. The Hall–Kier alpha value is -5.24. The lowest BCUT2D eigenvalue weighted by molar-refractivity contribution is -0.154. The van der Waals surface area contributed by atoms with E-state index in [4.69, 9.17) is 37.9 Å². The molecule has 2 rings (SSSR count). The molecule has 2 aromatic rings. The van der Waals surface area contributed by atoms with Crippen LogP contribution in [0.3, 0.4) is 0 Å². The van der Waals surface area contributed by atoms with E-state index in [2.05, 4.69) is 9.97 Å². The highest BCUT2D eigenvalue weighted by Gasteiger charge is 2.37. The molecule has 0 N–H and O–H groups in total. The van der Waals surface area contributed by atoms with Gasteiger partial charge in [0.25, 0.3) is 0 Å². The van der Waals surface area contributed by atoms with Crippen molar-refractivity contribution in [2.75, 3.05) is 40.9 Å². The number of amides is 2. The Morgan fingerprint density at radius 2 is 0.867 bits per heavy atom. The number of carbonyl (C=O) groups excluding carboxylic acids is 6. The third-order valence-corrected chi connectivity index (χ3v) is 7.40. The molecule has 0 aliphatic rings. The fourth-order valence-electron chi connectivity index (χ4n) is 5.01. The van der Waals surface area contributed by atoms with Gasteiger partial charge in [0.1, 0.15) is 60.6 Å². The summed E-state index contributed by atoms with van der Waals surface area (Å²) in [6.07, 6.45) is 2.34. The average molecular weight is 853 g/mol. The van der Waals surface area contributed by atoms with Crippen molar-refractivity contribution >= 4 is 36.3 Å². The van der Waals surface area contributed by atoms with Crippen LogP contribution in [0.25, 0.3) is 0 Å². The molecule has 0 saturated carbocycles. The minimum atomic E-state index is -1.28. The first-order valence-electron chi connectivity index (χ1n) is 19.5. The zero-order valence-corrected chi connectivity index (χ0v) is 37.5. The number of methoxy groups -OCH3 is 2. The smallest absolute Gasteiger partial charge is 0.419 e. The van der Waals surface area contributed by atoms with Gasteiger partial charge in [-0.05, 0) is 95.9 Å². The molecule has 20 nitrogen and oxygen atoms in total. The molecule has 0 aromatic carbocycles. The molecule has 60 heavy (non-hydrogen) atoms. The van der Waals surface area contributed by atoms with Gasteiger partial charge < -0.3 is 37.9 Å². The molecule has 2 aromatic heterocycles. The predicted molar refractivity (Wildman–Crippen MR) is 214 cm³/mol. The second-order valence-electron chi connectivity index (χ2n) is 17.7. The fourth-order valence-corrected chi connectivity index (χ4v) is 5.01. The van der Waals surface area contributed by atoms with Crippen LogP contribution in [-0.4, -0.2) is 141 Å². The largest absolute Gasteiger partial charge is 0.464 e. The van der Waals surface area contributed by atoms with E-state index in [-0.39, 0.29) is 63.7 Å². The normalized spacial score (nSPS) is 13.1. The highest BCUT2D eigenvalue weighted by Crippen LogP contribution is 2.19. The number of carbonyl (C=O) groups is 6. The maximum atomic E-state index is 13.6. The van der Waals surface area contributed by atoms with Crippen molar-refractivity contribution in [3.05, 3.63) is 36.4 Å². The Labute approximate surface area is 352 Å². The third-order valence-electron chi connectivity index (χ3n) is 7.40. The minimum Gasteiger partial charge on any atom is -0.464 e. The molecule has 2 heterocycles. The second-order valence-corrected chi connectivity index (χ2v) is 17.7. The van der Waals surface area contributed by atoms with Gasteiger partial charge in [0.2, 0.25) is 0 Å². The van der Waals surface area contributed by atoms with Gasteiger partial charge in [0.15, 0.2) is 0 Å². The van der Waals surface area contributed by atoms with Gasteiger partial charge in [-0.3, -0.25) is 9.80 Å². The molecular formula is C40H64N6O14. The maximum Gasteiger partial charge on any atom is 0.419 e. The summed E-state index contributed by atoms with van der Waals surface area (Å²) >= 11 is 0. The first-order valence-corrected chi connectivity index (χ1v) is 19.5. The van der Waals surface area contributed by atoms with Crippen LogP contribution < -0.4 is 0 Å². The molecule has 338 valence electrons. The number of aromatic nitrogens is 4. The quantitative estimate of drug-likeness (QED) is 0.0805. The number of unbranched alkanes of at least 4 members (excludes halogenated alkanes) is 1. The number of rotatable bonds is 17. The molecule has 0 unspecified atom stereocenters. The zero-order chi connectivity index (χ0) is 45.6. The molecule has 0 saturated heterocycles. The topological polar surface area (TPSA) is 218 Å². The molecular weight excluding hydrogens is 788 g/mol. The Kier molecular flexibility index (Phi) is 18.5. The lowest BCUT2D eigenvalue weighted by Gasteiger charge is -2.31. The third kappa shape index (κ3) is 18.4. The monoisotopic (exact) mass is 852 g/mol.